The third kappa shape index (κ3) is 6.02. The number of carbonyl (C=O) groups is 1. The van der Waals surface area contributed by atoms with E-state index in [9.17, 15) is 4.79 Å². The van der Waals surface area contributed by atoms with E-state index in [1.54, 1.807) is 0 Å². The van der Waals surface area contributed by atoms with Crippen molar-refractivity contribution in [2.45, 2.75) is 12.6 Å². The molecule has 0 bridgehead atoms. The minimum Gasteiger partial charge on any atom is -0.383 e. The highest BCUT2D eigenvalue weighted by atomic mass is 79.9. The van der Waals surface area contributed by atoms with Crippen LogP contribution >= 0.6 is 28.3 Å². The van der Waals surface area contributed by atoms with Gasteiger partial charge in [-0.3, -0.25) is 4.79 Å². The van der Waals surface area contributed by atoms with Crippen LogP contribution in [0.3, 0.4) is 0 Å². The normalized spacial score (nSPS) is 11.5. The Bertz CT molecular complexity index is 363. The molecule has 0 aliphatic carbocycles. The predicted molar refractivity (Wildman–Crippen MR) is 73.1 cm³/mol. The first-order valence-electron chi connectivity index (χ1n) is 4.90. The number of ether oxygens (including phenoxy) is 1. The van der Waals surface area contributed by atoms with Crippen LogP contribution in [-0.2, 0) is 16.1 Å². The molecule has 1 atom stereocenters. The lowest BCUT2D eigenvalue weighted by Gasteiger charge is -2.11. The third-order valence-electron chi connectivity index (χ3n) is 2.04. The quantitative estimate of drug-likeness (QED) is 0.862. The summed E-state index contributed by atoms with van der Waals surface area (Å²) in [6, 6.07) is 7.12. The molecule has 1 rings (SSSR count). The zero-order valence-corrected chi connectivity index (χ0v) is 11.9. The van der Waals surface area contributed by atoms with Crippen LogP contribution < -0.4 is 11.1 Å². The molecular formula is C11H16BrClN2O2. The van der Waals surface area contributed by atoms with Crippen molar-refractivity contribution >= 4 is 34.2 Å². The highest BCUT2D eigenvalue weighted by Crippen LogP contribution is 2.11. The van der Waals surface area contributed by atoms with Crippen molar-refractivity contribution in [1.29, 1.82) is 0 Å². The molecule has 1 aromatic carbocycles. The van der Waals surface area contributed by atoms with Crippen molar-refractivity contribution in [2.24, 2.45) is 5.73 Å². The number of carbonyl (C=O) groups excluding carboxylic acids is 1. The molecule has 0 saturated heterocycles. The van der Waals surface area contributed by atoms with E-state index in [-0.39, 0.29) is 24.9 Å². The Kier molecular flexibility index (Phi) is 8.16. The van der Waals surface area contributed by atoms with E-state index in [1.807, 2.05) is 24.3 Å². The zero-order valence-electron chi connectivity index (χ0n) is 9.48. The van der Waals surface area contributed by atoms with Crippen LogP contribution in [-0.4, -0.2) is 25.7 Å². The first-order chi connectivity index (χ1) is 7.63. The Morgan fingerprint density at radius 1 is 1.59 bits per heavy atom. The van der Waals surface area contributed by atoms with Gasteiger partial charge in [0.15, 0.2) is 0 Å². The van der Waals surface area contributed by atoms with Crippen LogP contribution in [0.2, 0.25) is 0 Å². The molecule has 0 saturated carbocycles. The standard InChI is InChI=1S/C11H15BrN2O2.ClH/c1-16-7-10(13)11(15)14-6-8-3-2-4-9(12)5-8;/h2-5,10H,6-7,13H2,1H3,(H,14,15);1H. The maximum absolute atomic E-state index is 11.5. The molecule has 6 heteroatoms. The highest BCUT2D eigenvalue weighted by Gasteiger charge is 2.11. The summed E-state index contributed by atoms with van der Waals surface area (Å²) in [5.74, 6) is -0.207. The van der Waals surface area contributed by atoms with Gasteiger partial charge in [0.2, 0.25) is 5.91 Å². The van der Waals surface area contributed by atoms with E-state index in [0.29, 0.717) is 6.54 Å². The molecule has 0 fully saturated rings. The third-order valence-corrected chi connectivity index (χ3v) is 2.53. The van der Waals surface area contributed by atoms with E-state index >= 15 is 0 Å². The minimum atomic E-state index is -0.614. The fourth-order valence-corrected chi connectivity index (χ4v) is 1.67. The van der Waals surface area contributed by atoms with Crippen molar-refractivity contribution in [3.05, 3.63) is 34.3 Å². The van der Waals surface area contributed by atoms with E-state index in [0.717, 1.165) is 10.0 Å². The first kappa shape index (κ1) is 16.4. The van der Waals surface area contributed by atoms with E-state index in [4.69, 9.17) is 10.5 Å². The van der Waals surface area contributed by atoms with Gasteiger partial charge in [-0.1, -0.05) is 28.1 Å². The van der Waals surface area contributed by atoms with Gasteiger partial charge in [0, 0.05) is 18.1 Å². The molecule has 1 amide bonds. The molecule has 1 unspecified atom stereocenters. The summed E-state index contributed by atoms with van der Waals surface area (Å²) in [6.45, 7) is 0.694. The molecular weight excluding hydrogens is 307 g/mol. The molecule has 0 heterocycles. The van der Waals surface area contributed by atoms with Crippen LogP contribution in [0, 0.1) is 0 Å². The monoisotopic (exact) mass is 322 g/mol. The van der Waals surface area contributed by atoms with Crippen molar-refractivity contribution in [3.63, 3.8) is 0 Å². The van der Waals surface area contributed by atoms with Gasteiger partial charge in [-0.05, 0) is 17.7 Å². The van der Waals surface area contributed by atoms with Gasteiger partial charge in [0.25, 0.3) is 0 Å². The average molecular weight is 324 g/mol. The Balaban J connectivity index is 0.00000256. The topological polar surface area (TPSA) is 64.3 Å². The number of amides is 1. The second kappa shape index (κ2) is 8.47. The molecule has 0 spiro atoms. The van der Waals surface area contributed by atoms with Crippen molar-refractivity contribution in [3.8, 4) is 0 Å². The Labute approximate surface area is 115 Å². The second-order valence-electron chi connectivity index (χ2n) is 3.41. The van der Waals surface area contributed by atoms with Crippen LogP contribution in [0.15, 0.2) is 28.7 Å². The molecule has 17 heavy (non-hydrogen) atoms. The largest absolute Gasteiger partial charge is 0.383 e. The molecule has 0 aromatic heterocycles. The number of nitrogens with one attached hydrogen (secondary N) is 1. The minimum absolute atomic E-state index is 0. The summed E-state index contributed by atoms with van der Waals surface area (Å²) < 4.78 is 5.79. The van der Waals surface area contributed by atoms with Gasteiger partial charge in [-0.15, -0.1) is 12.4 Å². The Hall–Kier alpha value is -0.620. The van der Waals surface area contributed by atoms with Gasteiger partial charge >= 0.3 is 0 Å². The highest BCUT2D eigenvalue weighted by molar-refractivity contribution is 9.10. The van der Waals surface area contributed by atoms with E-state index in [2.05, 4.69) is 21.2 Å². The van der Waals surface area contributed by atoms with Gasteiger partial charge in [-0.2, -0.15) is 0 Å². The lowest BCUT2D eigenvalue weighted by atomic mass is 10.2. The summed E-state index contributed by atoms with van der Waals surface area (Å²) >= 11 is 3.37. The first-order valence-corrected chi connectivity index (χ1v) is 5.69. The predicted octanol–water partition coefficient (Wildman–Crippen LogP) is 1.46. The van der Waals surface area contributed by atoms with E-state index in [1.165, 1.54) is 7.11 Å². The molecule has 0 radical (unpaired) electrons. The molecule has 1 aromatic rings. The number of halogens is 2. The van der Waals surface area contributed by atoms with Crippen LogP contribution in [0.25, 0.3) is 0 Å². The van der Waals surface area contributed by atoms with Crippen molar-refractivity contribution < 1.29 is 9.53 Å². The summed E-state index contributed by atoms with van der Waals surface area (Å²) in [7, 11) is 1.52. The fourth-order valence-electron chi connectivity index (χ4n) is 1.22. The molecule has 0 aliphatic heterocycles. The number of methoxy groups -OCH3 is 1. The smallest absolute Gasteiger partial charge is 0.239 e. The van der Waals surface area contributed by atoms with Crippen LogP contribution in [0.5, 0.6) is 0 Å². The Morgan fingerprint density at radius 3 is 2.88 bits per heavy atom. The molecule has 3 N–H and O–H groups in total. The van der Waals surface area contributed by atoms with E-state index < -0.39 is 6.04 Å². The average Bonchev–Trinajstić information content (AvgIpc) is 2.26. The maximum atomic E-state index is 11.5. The summed E-state index contributed by atoms with van der Waals surface area (Å²) in [6.07, 6.45) is 0. The molecule has 4 nitrogen and oxygen atoms in total. The van der Waals surface area contributed by atoms with Gasteiger partial charge < -0.3 is 15.8 Å². The van der Waals surface area contributed by atoms with Crippen LogP contribution in [0.1, 0.15) is 5.56 Å². The number of hydrogen-bond acceptors (Lipinski definition) is 3. The Morgan fingerprint density at radius 2 is 2.29 bits per heavy atom. The van der Waals surface area contributed by atoms with Crippen LogP contribution in [0.4, 0.5) is 0 Å². The lowest BCUT2D eigenvalue weighted by molar-refractivity contribution is -0.123. The second-order valence-corrected chi connectivity index (χ2v) is 4.33. The fraction of sp³-hybridized carbons (Fsp3) is 0.364. The van der Waals surface area contributed by atoms with Gasteiger partial charge in [0.1, 0.15) is 6.04 Å². The summed E-state index contributed by atoms with van der Waals surface area (Å²) in [5, 5.41) is 2.75. The van der Waals surface area contributed by atoms with Gasteiger partial charge in [0.05, 0.1) is 6.61 Å². The zero-order chi connectivity index (χ0) is 12.0. The van der Waals surface area contributed by atoms with Crippen molar-refractivity contribution in [1.82, 2.24) is 5.32 Å². The lowest BCUT2D eigenvalue weighted by Crippen LogP contribution is -2.43. The summed E-state index contributed by atoms with van der Waals surface area (Å²) in [5.41, 5.74) is 6.60. The summed E-state index contributed by atoms with van der Waals surface area (Å²) in [4.78, 5) is 11.5. The maximum Gasteiger partial charge on any atom is 0.239 e. The number of benzene rings is 1. The van der Waals surface area contributed by atoms with Crippen molar-refractivity contribution in [2.75, 3.05) is 13.7 Å². The number of rotatable bonds is 5. The number of nitrogens with two attached hydrogens (primary N) is 1. The van der Waals surface area contributed by atoms with Gasteiger partial charge in [-0.25, -0.2) is 0 Å². The molecule has 0 aliphatic rings. The molecule has 96 valence electrons. The SMILES string of the molecule is COCC(N)C(=O)NCc1cccc(Br)c1.Cl. The number of hydrogen-bond donors (Lipinski definition) is 2.